The van der Waals surface area contributed by atoms with Crippen LogP contribution in [0.15, 0.2) is 45.7 Å². The van der Waals surface area contributed by atoms with Gasteiger partial charge in [0.05, 0.1) is 12.6 Å². The molecule has 1 aliphatic rings. The van der Waals surface area contributed by atoms with Gasteiger partial charge in [0.2, 0.25) is 5.91 Å². The van der Waals surface area contributed by atoms with Crippen molar-refractivity contribution in [2.45, 2.75) is 18.9 Å². The Labute approximate surface area is 142 Å². The number of hydrogen-bond donors (Lipinski definition) is 1. The Bertz CT molecular complexity index is 702. The van der Waals surface area contributed by atoms with Crippen LogP contribution in [-0.2, 0) is 4.79 Å². The minimum atomic E-state index is -0.399. The highest BCUT2D eigenvalue weighted by molar-refractivity contribution is 9.10. The molecule has 0 bridgehead atoms. The molecule has 1 N–H and O–H groups in total. The molecule has 1 fully saturated rings. The summed E-state index contributed by atoms with van der Waals surface area (Å²) in [7, 11) is 0. The fourth-order valence-electron chi connectivity index (χ4n) is 2.78. The van der Waals surface area contributed by atoms with E-state index in [1.165, 1.54) is 0 Å². The molecule has 2 aromatic heterocycles. The van der Waals surface area contributed by atoms with Crippen LogP contribution in [0.25, 0.3) is 0 Å². The average molecular weight is 378 g/mol. The molecular weight excluding hydrogens is 362 g/mol. The molecule has 0 aliphatic carbocycles. The lowest BCUT2D eigenvalue weighted by Gasteiger charge is -2.25. The number of aromatic nitrogens is 1. The first-order valence-corrected chi connectivity index (χ1v) is 8.17. The summed E-state index contributed by atoms with van der Waals surface area (Å²) in [6.45, 7) is 0.659. The Morgan fingerprint density at radius 2 is 2.09 bits per heavy atom. The summed E-state index contributed by atoms with van der Waals surface area (Å²) in [6.07, 6.45) is 5.34. The zero-order valence-electron chi connectivity index (χ0n) is 12.4. The molecule has 0 spiro atoms. The number of furan rings is 1. The van der Waals surface area contributed by atoms with Crippen LogP contribution in [0.1, 0.15) is 35.0 Å². The summed E-state index contributed by atoms with van der Waals surface area (Å²) < 4.78 is 5.64. The molecule has 0 saturated carbocycles. The summed E-state index contributed by atoms with van der Waals surface area (Å²) in [5.41, 5.74) is 1.08. The number of carbonyl (C=O) groups is 2. The summed E-state index contributed by atoms with van der Waals surface area (Å²) in [5, 5.41) is 2.60. The highest BCUT2D eigenvalue weighted by atomic mass is 79.9. The van der Waals surface area contributed by atoms with E-state index in [9.17, 15) is 9.59 Å². The van der Waals surface area contributed by atoms with Crippen molar-refractivity contribution in [1.82, 2.24) is 15.2 Å². The zero-order chi connectivity index (χ0) is 16.2. The van der Waals surface area contributed by atoms with E-state index in [-0.39, 0.29) is 24.3 Å². The average Bonchev–Trinajstić information content (AvgIpc) is 3.22. The van der Waals surface area contributed by atoms with Gasteiger partial charge in [0.15, 0.2) is 10.4 Å². The number of amides is 2. The summed E-state index contributed by atoms with van der Waals surface area (Å²) in [5.74, 6) is -0.316. The van der Waals surface area contributed by atoms with Gasteiger partial charge in [-0.25, -0.2) is 0 Å². The lowest BCUT2D eigenvalue weighted by molar-refractivity contribution is -0.131. The maximum atomic E-state index is 12.4. The third-order valence-corrected chi connectivity index (χ3v) is 4.29. The van der Waals surface area contributed by atoms with Crippen LogP contribution < -0.4 is 5.32 Å². The molecule has 7 heteroatoms. The molecule has 0 radical (unpaired) electrons. The zero-order valence-corrected chi connectivity index (χ0v) is 14.0. The summed E-state index contributed by atoms with van der Waals surface area (Å²) in [6, 6.07) is 7.10. The minimum absolute atomic E-state index is 0.0429. The molecule has 2 aromatic rings. The molecule has 1 atom stereocenters. The first kappa shape index (κ1) is 15.7. The van der Waals surface area contributed by atoms with Crippen molar-refractivity contribution >= 4 is 27.7 Å². The first-order valence-electron chi connectivity index (χ1n) is 7.38. The van der Waals surface area contributed by atoms with Crippen molar-refractivity contribution in [2.24, 2.45) is 0 Å². The minimum Gasteiger partial charge on any atom is -0.444 e. The van der Waals surface area contributed by atoms with E-state index in [1.807, 2.05) is 17.0 Å². The number of nitrogens with one attached hydrogen (secondary N) is 1. The SMILES string of the molecule is O=C(NCC(=O)N1CCCC1c1ccncc1)c1ccc(Br)o1. The Kier molecular flexibility index (Phi) is 4.76. The molecule has 120 valence electrons. The maximum Gasteiger partial charge on any atom is 0.287 e. The van der Waals surface area contributed by atoms with Gasteiger partial charge in [0.25, 0.3) is 5.91 Å². The topological polar surface area (TPSA) is 75.4 Å². The molecule has 3 rings (SSSR count). The van der Waals surface area contributed by atoms with E-state index < -0.39 is 5.91 Å². The fraction of sp³-hybridized carbons (Fsp3) is 0.312. The Morgan fingerprint density at radius 1 is 1.30 bits per heavy atom. The van der Waals surface area contributed by atoms with Gasteiger partial charge in [0, 0.05) is 18.9 Å². The van der Waals surface area contributed by atoms with Crippen LogP contribution in [-0.4, -0.2) is 34.8 Å². The van der Waals surface area contributed by atoms with E-state index in [4.69, 9.17) is 4.42 Å². The number of nitrogens with zero attached hydrogens (tertiary/aromatic N) is 2. The van der Waals surface area contributed by atoms with Gasteiger partial charge in [-0.15, -0.1) is 0 Å². The van der Waals surface area contributed by atoms with Crippen molar-refractivity contribution < 1.29 is 14.0 Å². The lowest BCUT2D eigenvalue weighted by Crippen LogP contribution is -2.39. The normalized spacial score (nSPS) is 17.3. The van der Waals surface area contributed by atoms with Gasteiger partial charge in [-0.05, 0) is 58.6 Å². The van der Waals surface area contributed by atoms with Crippen molar-refractivity contribution in [2.75, 3.05) is 13.1 Å². The molecular formula is C16H16BrN3O3. The van der Waals surface area contributed by atoms with Crippen LogP contribution in [0, 0.1) is 0 Å². The van der Waals surface area contributed by atoms with Crippen molar-refractivity contribution in [1.29, 1.82) is 0 Å². The number of hydrogen-bond acceptors (Lipinski definition) is 4. The summed E-state index contributed by atoms with van der Waals surface area (Å²) in [4.78, 5) is 30.2. The second kappa shape index (κ2) is 6.95. The van der Waals surface area contributed by atoms with Gasteiger partial charge in [-0.2, -0.15) is 0 Å². The summed E-state index contributed by atoms with van der Waals surface area (Å²) >= 11 is 3.14. The smallest absolute Gasteiger partial charge is 0.287 e. The molecule has 6 nitrogen and oxygen atoms in total. The predicted octanol–water partition coefficient (Wildman–Crippen LogP) is 2.53. The van der Waals surface area contributed by atoms with Crippen molar-refractivity contribution in [3.8, 4) is 0 Å². The quantitative estimate of drug-likeness (QED) is 0.887. The van der Waals surface area contributed by atoms with Crippen LogP contribution in [0.2, 0.25) is 0 Å². The lowest BCUT2D eigenvalue weighted by atomic mass is 10.1. The van der Waals surface area contributed by atoms with E-state index in [0.29, 0.717) is 11.2 Å². The highest BCUT2D eigenvalue weighted by Gasteiger charge is 2.29. The van der Waals surface area contributed by atoms with Gasteiger partial charge >= 0.3 is 0 Å². The predicted molar refractivity (Wildman–Crippen MR) is 86.7 cm³/mol. The molecule has 3 heterocycles. The van der Waals surface area contributed by atoms with E-state index in [1.54, 1.807) is 24.5 Å². The van der Waals surface area contributed by atoms with Gasteiger partial charge in [-0.3, -0.25) is 14.6 Å². The van der Waals surface area contributed by atoms with Crippen LogP contribution in [0.5, 0.6) is 0 Å². The molecule has 1 unspecified atom stereocenters. The van der Waals surface area contributed by atoms with Gasteiger partial charge in [0.1, 0.15) is 0 Å². The van der Waals surface area contributed by atoms with E-state index in [0.717, 1.165) is 18.4 Å². The molecule has 1 saturated heterocycles. The molecule has 2 amide bonds. The second-order valence-electron chi connectivity index (χ2n) is 5.31. The van der Waals surface area contributed by atoms with Gasteiger partial charge < -0.3 is 14.6 Å². The number of likely N-dealkylation sites (tertiary alicyclic amines) is 1. The number of pyridine rings is 1. The second-order valence-corrected chi connectivity index (χ2v) is 6.09. The molecule has 0 aromatic carbocycles. The molecule has 23 heavy (non-hydrogen) atoms. The van der Waals surface area contributed by atoms with Crippen molar-refractivity contribution in [3.05, 3.63) is 52.7 Å². The third-order valence-electron chi connectivity index (χ3n) is 3.86. The largest absolute Gasteiger partial charge is 0.444 e. The number of rotatable bonds is 4. The number of carbonyl (C=O) groups excluding carboxylic acids is 2. The third kappa shape index (κ3) is 3.61. The Balaban J connectivity index is 1.60. The van der Waals surface area contributed by atoms with Crippen LogP contribution >= 0.6 is 15.9 Å². The van der Waals surface area contributed by atoms with Gasteiger partial charge in [-0.1, -0.05) is 0 Å². The maximum absolute atomic E-state index is 12.4. The van der Waals surface area contributed by atoms with Crippen molar-refractivity contribution in [3.63, 3.8) is 0 Å². The van der Waals surface area contributed by atoms with E-state index >= 15 is 0 Å². The fourth-order valence-corrected chi connectivity index (χ4v) is 3.08. The standard InChI is InChI=1S/C16H16BrN3O3/c17-14-4-3-13(23-14)16(22)19-10-15(21)20-9-1-2-12(20)11-5-7-18-8-6-11/h3-8,12H,1-2,9-10H2,(H,19,22). The van der Waals surface area contributed by atoms with Crippen LogP contribution in [0.4, 0.5) is 0 Å². The molecule has 1 aliphatic heterocycles. The Morgan fingerprint density at radius 3 is 2.78 bits per heavy atom. The Hall–Kier alpha value is -2.15. The van der Waals surface area contributed by atoms with E-state index in [2.05, 4.69) is 26.2 Å². The number of halogens is 1. The van der Waals surface area contributed by atoms with Crippen LogP contribution in [0.3, 0.4) is 0 Å². The monoisotopic (exact) mass is 377 g/mol. The first-order chi connectivity index (χ1) is 11.1. The highest BCUT2D eigenvalue weighted by Crippen LogP contribution is 2.31.